The van der Waals surface area contributed by atoms with E-state index in [0.717, 1.165) is 16.6 Å². The maximum absolute atomic E-state index is 15.0. The van der Waals surface area contributed by atoms with E-state index in [1.807, 2.05) is 43.0 Å². The highest BCUT2D eigenvalue weighted by atomic mass is 32.2. The van der Waals surface area contributed by atoms with Gasteiger partial charge >= 0.3 is 0 Å². The molecule has 0 unspecified atom stereocenters. The van der Waals surface area contributed by atoms with Gasteiger partial charge in [0, 0.05) is 48.7 Å². The monoisotopic (exact) mass is 482 g/mol. The smallest absolute Gasteiger partial charge is 0.229 e. The second-order valence-corrected chi connectivity index (χ2v) is 10.5. The molecule has 1 saturated heterocycles. The Bertz CT molecular complexity index is 1370. The number of aryl methyl sites for hydroxylation is 2. The summed E-state index contributed by atoms with van der Waals surface area (Å²) in [6.45, 7) is 5.43. The summed E-state index contributed by atoms with van der Waals surface area (Å²) in [4.78, 5) is 10.9. The van der Waals surface area contributed by atoms with Crippen LogP contribution in [0.4, 0.5) is 20.4 Å². The van der Waals surface area contributed by atoms with Gasteiger partial charge < -0.3 is 9.88 Å². The molecule has 6 nitrogen and oxygen atoms in total. The molecule has 0 radical (unpaired) electrons. The molecule has 0 saturated carbocycles. The number of thiol groups is 1. The van der Waals surface area contributed by atoms with Gasteiger partial charge in [-0.15, -0.1) is 4.21 Å². The van der Waals surface area contributed by atoms with Gasteiger partial charge in [-0.1, -0.05) is 6.07 Å². The molecule has 0 bridgehead atoms. The van der Waals surface area contributed by atoms with Crippen LogP contribution in [0.25, 0.3) is 16.7 Å². The summed E-state index contributed by atoms with van der Waals surface area (Å²) in [5, 5.41) is 3.96. The van der Waals surface area contributed by atoms with Gasteiger partial charge in [-0.25, -0.2) is 13.8 Å². The number of aromatic nitrogens is 3. The zero-order valence-corrected chi connectivity index (χ0v) is 19.9. The molecule has 1 aliphatic heterocycles. The van der Waals surface area contributed by atoms with Gasteiger partial charge in [-0.3, -0.25) is 4.90 Å². The maximum Gasteiger partial charge on any atom is 0.229 e. The Kier molecular flexibility index (Phi) is 6.14. The summed E-state index contributed by atoms with van der Waals surface area (Å²) in [7, 11) is -1.18. The quantitative estimate of drug-likeness (QED) is 0.334. The number of anilines is 2. The zero-order chi connectivity index (χ0) is 23.8. The molecule has 4 aromatic rings. The van der Waals surface area contributed by atoms with Gasteiger partial charge in [0.1, 0.15) is 28.8 Å². The molecule has 176 valence electrons. The summed E-state index contributed by atoms with van der Waals surface area (Å²) in [5.74, 6) is 0.342. The van der Waals surface area contributed by atoms with Crippen LogP contribution in [0.1, 0.15) is 16.7 Å². The zero-order valence-electron chi connectivity index (χ0n) is 19.1. The number of fused-ring (bicyclic) bond motifs is 1. The Labute approximate surface area is 199 Å². The average Bonchev–Trinajstić information content (AvgIpc) is 3.23. The molecule has 1 N–H and O–H groups in total. The van der Waals surface area contributed by atoms with E-state index in [0.29, 0.717) is 41.9 Å². The Morgan fingerprint density at radius 2 is 1.76 bits per heavy atom. The van der Waals surface area contributed by atoms with Crippen LogP contribution in [-0.4, -0.2) is 44.0 Å². The van der Waals surface area contributed by atoms with Crippen LogP contribution in [0, 0.1) is 25.5 Å². The molecule has 3 heterocycles. The lowest BCUT2D eigenvalue weighted by Crippen LogP contribution is -2.37. The lowest BCUT2D eigenvalue weighted by atomic mass is 10.1. The van der Waals surface area contributed by atoms with Crippen LogP contribution in [0.3, 0.4) is 0 Å². The average molecular weight is 483 g/mol. The van der Waals surface area contributed by atoms with E-state index in [2.05, 4.69) is 15.3 Å². The summed E-state index contributed by atoms with van der Waals surface area (Å²) in [5.41, 5.74) is 4.14. The Balaban J connectivity index is 1.43. The minimum absolute atomic E-state index is 0.0315. The van der Waals surface area contributed by atoms with Gasteiger partial charge in [-0.05, 0) is 55.3 Å². The summed E-state index contributed by atoms with van der Waals surface area (Å²) in [6.07, 6.45) is 3.42. The van der Waals surface area contributed by atoms with E-state index in [4.69, 9.17) is 0 Å². The molecule has 2 aromatic carbocycles. The third-order valence-corrected chi connectivity index (χ3v) is 7.70. The van der Waals surface area contributed by atoms with Crippen LogP contribution in [0.2, 0.25) is 0 Å². The molecule has 1 aliphatic rings. The van der Waals surface area contributed by atoms with Gasteiger partial charge in [0.2, 0.25) is 5.95 Å². The first-order valence-electron chi connectivity index (χ1n) is 11.2. The Morgan fingerprint density at radius 1 is 1.03 bits per heavy atom. The number of benzene rings is 2. The minimum atomic E-state index is -1.18. The highest BCUT2D eigenvalue weighted by Gasteiger charge is 2.22. The molecule has 0 spiro atoms. The fraction of sp³-hybridized carbons (Fsp3) is 0.280. The van der Waals surface area contributed by atoms with E-state index in [1.165, 1.54) is 17.7 Å². The van der Waals surface area contributed by atoms with Gasteiger partial charge in [0.05, 0.1) is 16.5 Å². The third kappa shape index (κ3) is 4.58. The van der Waals surface area contributed by atoms with Crippen LogP contribution in [0.5, 0.6) is 0 Å². The first-order chi connectivity index (χ1) is 16.4. The Hall–Kier alpha value is -3.17. The normalized spacial score (nSPS) is 15.2. The molecule has 0 amide bonds. The van der Waals surface area contributed by atoms with Gasteiger partial charge in [0.15, 0.2) is 0 Å². The molecule has 1 fully saturated rings. The molecule has 0 aliphatic carbocycles. The molecule has 0 atom stereocenters. The van der Waals surface area contributed by atoms with Crippen molar-refractivity contribution in [1.29, 1.82) is 0 Å². The lowest BCUT2D eigenvalue weighted by Gasteiger charge is -2.24. The molecule has 5 rings (SSSR count). The van der Waals surface area contributed by atoms with Crippen molar-refractivity contribution in [2.45, 2.75) is 20.4 Å². The molecule has 2 aromatic heterocycles. The van der Waals surface area contributed by atoms with E-state index >= 15 is 0 Å². The van der Waals surface area contributed by atoms with Crippen molar-refractivity contribution in [3.05, 3.63) is 77.1 Å². The van der Waals surface area contributed by atoms with Crippen molar-refractivity contribution in [3.63, 3.8) is 0 Å². The second kappa shape index (κ2) is 9.23. The fourth-order valence-corrected chi connectivity index (χ4v) is 5.36. The summed E-state index contributed by atoms with van der Waals surface area (Å²) >= 11 is 0. The van der Waals surface area contributed by atoms with Crippen molar-refractivity contribution in [3.8, 4) is 5.69 Å². The van der Waals surface area contributed by atoms with Crippen molar-refractivity contribution >= 4 is 33.5 Å². The molecule has 34 heavy (non-hydrogen) atoms. The van der Waals surface area contributed by atoms with Crippen LogP contribution in [0.15, 0.2) is 48.8 Å². The number of rotatable bonds is 5. The highest BCUT2D eigenvalue weighted by molar-refractivity contribution is 7.85. The third-order valence-electron chi connectivity index (χ3n) is 6.31. The highest BCUT2D eigenvalue weighted by Crippen LogP contribution is 2.25. The van der Waals surface area contributed by atoms with Crippen molar-refractivity contribution in [2.24, 2.45) is 0 Å². The van der Waals surface area contributed by atoms with E-state index in [-0.39, 0.29) is 12.1 Å². The largest absolute Gasteiger partial charge is 0.324 e. The summed E-state index contributed by atoms with van der Waals surface area (Å²) in [6, 6.07) is 10.5. The first-order valence-corrected chi connectivity index (χ1v) is 12.8. The van der Waals surface area contributed by atoms with Gasteiger partial charge in [-0.2, -0.15) is 4.98 Å². The second-order valence-electron chi connectivity index (χ2n) is 8.68. The van der Waals surface area contributed by atoms with Crippen molar-refractivity contribution in [2.75, 3.05) is 29.9 Å². The number of nitrogens with zero attached hydrogens (tertiary/aromatic N) is 4. The van der Waals surface area contributed by atoms with E-state index < -0.39 is 22.4 Å². The molecular weight excluding hydrogens is 456 g/mol. The van der Waals surface area contributed by atoms with Crippen LogP contribution in [-0.2, 0) is 21.6 Å². The van der Waals surface area contributed by atoms with E-state index in [9.17, 15) is 13.0 Å². The molecule has 9 heteroatoms. The van der Waals surface area contributed by atoms with Crippen molar-refractivity contribution in [1.82, 2.24) is 19.4 Å². The van der Waals surface area contributed by atoms with Crippen LogP contribution < -0.4 is 5.32 Å². The fourth-order valence-electron chi connectivity index (χ4n) is 4.13. The number of hydrogen-bond acceptors (Lipinski definition) is 5. The topological polar surface area (TPSA) is 63.1 Å². The maximum atomic E-state index is 15.0. The predicted octanol–water partition coefficient (Wildman–Crippen LogP) is 4.57. The standard InChI is InChI=1S/C25H25F2N5OS/c1-16-3-4-19(11-17(16)2)29-25-28-14-18-5-6-32(24(18)30-25)20-12-22(26)21(23(27)13-20)15-31-7-9-34(33)10-8-31/h3-6,11-14H,7-10,15H2,1-2H3,(H,28,29,30)/p+1. The van der Waals surface area contributed by atoms with E-state index in [1.54, 1.807) is 17.0 Å². The predicted molar refractivity (Wildman–Crippen MR) is 132 cm³/mol. The number of nitrogens with one attached hydrogen (secondary N) is 1. The lowest BCUT2D eigenvalue weighted by molar-refractivity contribution is 0.281. The Morgan fingerprint density at radius 3 is 2.47 bits per heavy atom. The van der Waals surface area contributed by atoms with Crippen LogP contribution >= 0.6 is 0 Å². The number of hydrogen-bond donors (Lipinski definition) is 1. The molecular formula is C25H26F2N5OS+. The first kappa shape index (κ1) is 22.6. The SMILES string of the molecule is Cc1ccc(Nc2ncc3ccn(-c4cc(F)c(CN5CC[SH+](=O)CC5)c(F)c4)c3n2)cc1C. The van der Waals surface area contributed by atoms with Crippen molar-refractivity contribution < 1.29 is 13.0 Å². The minimum Gasteiger partial charge on any atom is -0.324 e. The summed E-state index contributed by atoms with van der Waals surface area (Å²) < 4.78 is 43.2. The number of halogens is 2. The van der Waals surface area contributed by atoms with Gasteiger partial charge in [0.25, 0.3) is 0 Å².